The summed E-state index contributed by atoms with van der Waals surface area (Å²) >= 11 is 0. The Morgan fingerprint density at radius 3 is 2.14 bits per heavy atom. The van der Waals surface area contributed by atoms with E-state index in [1.807, 2.05) is 0 Å². The molecule has 2 aliphatic carbocycles. The maximum atomic E-state index is 10.8. The summed E-state index contributed by atoms with van der Waals surface area (Å²) < 4.78 is 21.7. The number of rotatable bonds is 2. The zero-order chi connectivity index (χ0) is 10.6. The first-order valence-electron chi connectivity index (χ1n) is 5.12. The van der Waals surface area contributed by atoms with E-state index in [-0.39, 0.29) is 5.75 Å². The van der Waals surface area contributed by atoms with Crippen LogP contribution in [0.1, 0.15) is 39.5 Å². The van der Waals surface area contributed by atoms with Gasteiger partial charge in [0.05, 0.1) is 5.75 Å². The molecule has 1 spiro atoms. The highest BCUT2D eigenvalue weighted by Crippen LogP contribution is 2.66. The van der Waals surface area contributed by atoms with Gasteiger partial charge in [0.25, 0.3) is 0 Å². The van der Waals surface area contributed by atoms with Gasteiger partial charge >= 0.3 is 0 Å². The second kappa shape index (κ2) is 2.88. The van der Waals surface area contributed by atoms with Crippen molar-refractivity contribution in [3.05, 3.63) is 0 Å². The van der Waals surface area contributed by atoms with Crippen molar-refractivity contribution in [3.63, 3.8) is 0 Å². The van der Waals surface area contributed by atoms with E-state index in [1.165, 1.54) is 12.8 Å². The maximum Gasteiger partial charge on any atom is 0.232 e. The summed E-state index contributed by atoms with van der Waals surface area (Å²) in [7, 11) is 1.95. The van der Waals surface area contributed by atoms with Gasteiger partial charge in [0, 0.05) is 10.7 Å². The molecular formula is C10H17ClO2S. The number of halogens is 1. The summed E-state index contributed by atoms with van der Waals surface area (Å²) in [5.41, 5.74) is 0.987. The van der Waals surface area contributed by atoms with Crippen LogP contribution in [0.15, 0.2) is 0 Å². The van der Waals surface area contributed by atoms with Crippen LogP contribution < -0.4 is 0 Å². The molecule has 0 atom stereocenters. The third kappa shape index (κ3) is 2.08. The molecule has 0 N–H and O–H groups in total. The molecule has 0 radical (unpaired) electrons. The molecule has 0 saturated heterocycles. The average Bonchev–Trinajstić information content (AvgIpc) is 1.74. The van der Waals surface area contributed by atoms with E-state index >= 15 is 0 Å². The van der Waals surface area contributed by atoms with Gasteiger partial charge in [-0.3, -0.25) is 0 Å². The Labute approximate surface area is 90.4 Å². The number of hydrogen-bond donors (Lipinski definition) is 0. The third-order valence-corrected chi connectivity index (χ3v) is 4.83. The van der Waals surface area contributed by atoms with E-state index in [0.717, 1.165) is 12.8 Å². The second-order valence-electron chi connectivity index (χ2n) is 6.00. The Morgan fingerprint density at radius 2 is 1.79 bits per heavy atom. The monoisotopic (exact) mass is 236 g/mol. The van der Waals surface area contributed by atoms with E-state index in [0.29, 0.717) is 16.7 Å². The molecule has 2 aliphatic rings. The molecule has 14 heavy (non-hydrogen) atoms. The van der Waals surface area contributed by atoms with Gasteiger partial charge in [0.2, 0.25) is 9.05 Å². The predicted octanol–water partition coefficient (Wildman–Crippen LogP) is 2.77. The van der Waals surface area contributed by atoms with Crippen molar-refractivity contribution in [2.45, 2.75) is 39.5 Å². The zero-order valence-corrected chi connectivity index (χ0v) is 10.3. The molecule has 0 bridgehead atoms. The summed E-state index contributed by atoms with van der Waals surface area (Å²) in [6, 6.07) is 0. The summed E-state index contributed by atoms with van der Waals surface area (Å²) in [6.07, 6.45) is 4.67. The van der Waals surface area contributed by atoms with E-state index in [2.05, 4.69) is 13.8 Å². The minimum Gasteiger partial charge on any atom is -0.212 e. The molecule has 2 rings (SSSR count). The fourth-order valence-corrected chi connectivity index (χ4v) is 5.16. The molecular weight excluding hydrogens is 220 g/mol. The van der Waals surface area contributed by atoms with Crippen molar-refractivity contribution in [2.24, 2.45) is 16.7 Å². The van der Waals surface area contributed by atoms with Crippen LogP contribution in [-0.2, 0) is 9.05 Å². The lowest BCUT2D eigenvalue weighted by molar-refractivity contribution is -0.103. The molecule has 2 saturated carbocycles. The fraction of sp³-hybridized carbons (Fsp3) is 1.00. The molecule has 2 fully saturated rings. The summed E-state index contributed by atoms with van der Waals surface area (Å²) in [5.74, 6) is 0.505. The SMILES string of the molecule is CC1(C)CC2(CC(CS(=O)(=O)Cl)C2)C1. The Bertz CT molecular complexity index is 329. The highest BCUT2D eigenvalue weighted by molar-refractivity contribution is 8.13. The largest absolute Gasteiger partial charge is 0.232 e. The quantitative estimate of drug-likeness (QED) is 0.691. The van der Waals surface area contributed by atoms with Gasteiger partial charge in [-0.05, 0) is 42.4 Å². The zero-order valence-electron chi connectivity index (χ0n) is 8.72. The average molecular weight is 237 g/mol. The van der Waals surface area contributed by atoms with Gasteiger partial charge in [0.15, 0.2) is 0 Å². The second-order valence-corrected chi connectivity index (χ2v) is 8.82. The van der Waals surface area contributed by atoms with Crippen LogP contribution in [0.5, 0.6) is 0 Å². The van der Waals surface area contributed by atoms with E-state index < -0.39 is 9.05 Å². The lowest BCUT2D eigenvalue weighted by Crippen LogP contribution is -2.52. The van der Waals surface area contributed by atoms with Crippen LogP contribution in [0.3, 0.4) is 0 Å². The molecule has 0 aromatic heterocycles. The van der Waals surface area contributed by atoms with Gasteiger partial charge in [-0.25, -0.2) is 8.42 Å². The maximum absolute atomic E-state index is 10.8. The molecule has 0 unspecified atom stereocenters. The van der Waals surface area contributed by atoms with Crippen molar-refractivity contribution in [3.8, 4) is 0 Å². The summed E-state index contributed by atoms with van der Waals surface area (Å²) in [6.45, 7) is 4.56. The van der Waals surface area contributed by atoms with Gasteiger partial charge in [-0.2, -0.15) is 0 Å². The molecule has 4 heteroatoms. The van der Waals surface area contributed by atoms with Gasteiger partial charge in [-0.1, -0.05) is 13.8 Å². The molecule has 82 valence electrons. The molecule has 0 heterocycles. The Hall–Kier alpha value is 0.240. The predicted molar refractivity (Wildman–Crippen MR) is 57.8 cm³/mol. The van der Waals surface area contributed by atoms with Crippen molar-refractivity contribution < 1.29 is 8.42 Å². The first kappa shape index (κ1) is 10.7. The molecule has 0 amide bonds. The Kier molecular flexibility index (Phi) is 2.21. The van der Waals surface area contributed by atoms with E-state index in [1.54, 1.807) is 0 Å². The molecule has 0 aromatic rings. The van der Waals surface area contributed by atoms with Crippen LogP contribution in [0.2, 0.25) is 0 Å². The van der Waals surface area contributed by atoms with Crippen molar-refractivity contribution in [1.82, 2.24) is 0 Å². The highest BCUT2D eigenvalue weighted by atomic mass is 35.7. The van der Waals surface area contributed by atoms with E-state index in [9.17, 15) is 8.42 Å². The minimum atomic E-state index is -3.28. The van der Waals surface area contributed by atoms with Crippen LogP contribution in [-0.4, -0.2) is 14.2 Å². The molecule has 0 aromatic carbocycles. The Balaban J connectivity index is 1.82. The van der Waals surface area contributed by atoms with Crippen molar-refractivity contribution in [2.75, 3.05) is 5.75 Å². The van der Waals surface area contributed by atoms with Crippen LogP contribution in [0.25, 0.3) is 0 Å². The smallest absolute Gasteiger partial charge is 0.212 e. The van der Waals surface area contributed by atoms with E-state index in [4.69, 9.17) is 10.7 Å². The topological polar surface area (TPSA) is 34.1 Å². The molecule has 0 aliphatic heterocycles. The van der Waals surface area contributed by atoms with Gasteiger partial charge in [-0.15, -0.1) is 0 Å². The fourth-order valence-electron chi connectivity index (χ4n) is 3.83. The van der Waals surface area contributed by atoms with Crippen LogP contribution >= 0.6 is 10.7 Å². The first-order chi connectivity index (χ1) is 6.20. The molecule has 2 nitrogen and oxygen atoms in total. The first-order valence-corrected chi connectivity index (χ1v) is 7.60. The number of hydrogen-bond acceptors (Lipinski definition) is 2. The van der Waals surface area contributed by atoms with Crippen molar-refractivity contribution in [1.29, 1.82) is 0 Å². The van der Waals surface area contributed by atoms with Gasteiger partial charge in [0.1, 0.15) is 0 Å². The summed E-state index contributed by atoms with van der Waals surface area (Å²) in [5, 5.41) is 0. The third-order valence-electron chi connectivity index (χ3n) is 3.59. The standard InChI is InChI=1S/C10H17ClO2S/c1-9(2)6-10(7-9)3-8(4-10)5-14(11,12)13/h8H,3-7H2,1-2H3. The lowest BCUT2D eigenvalue weighted by Gasteiger charge is -2.61. The lowest BCUT2D eigenvalue weighted by atomic mass is 9.44. The van der Waals surface area contributed by atoms with Crippen LogP contribution in [0.4, 0.5) is 0 Å². The van der Waals surface area contributed by atoms with Crippen molar-refractivity contribution >= 4 is 19.7 Å². The minimum absolute atomic E-state index is 0.177. The normalized spacial score (nSPS) is 29.6. The van der Waals surface area contributed by atoms with Crippen LogP contribution in [0, 0.1) is 16.7 Å². The Morgan fingerprint density at radius 1 is 1.29 bits per heavy atom. The summed E-state index contributed by atoms with van der Waals surface area (Å²) in [4.78, 5) is 0. The highest BCUT2D eigenvalue weighted by Gasteiger charge is 2.56. The van der Waals surface area contributed by atoms with Gasteiger partial charge < -0.3 is 0 Å².